The molecule has 1 aliphatic heterocycles. The van der Waals surface area contributed by atoms with Gasteiger partial charge in [0.2, 0.25) is 0 Å². The van der Waals surface area contributed by atoms with E-state index in [0.29, 0.717) is 0 Å². The molecule has 2 heterocycles. The molecule has 0 spiro atoms. The van der Waals surface area contributed by atoms with E-state index in [1.165, 1.54) is 42.8 Å². The highest BCUT2D eigenvalue weighted by Crippen LogP contribution is 2.36. The van der Waals surface area contributed by atoms with Crippen molar-refractivity contribution in [2.24, 2.45) is 7.05 Å². The number of rotatable bonds is 4. The summed E-state index contributed by atoms with van der Waals surface area (Å²) in [6.45, 7) is 8.95. The van der Waals surface area contributed by atoms with Crippen LogP contribution in [-0.4, -0.2) is 27.9 Å². The van der Waals surface area contributed by atoms with Gasteiger partial charge >= 0.3 is 0 Å². The van der Waals surface area contributed by atoms with Crippen LogP contribution in [0.4, 0.5) is 5.82 Å². The SMILES string of the molecule is Cc1nn(C)c(N2CCCC2(C)C)c1CNC1CC1. The minimum Gasteiger partial charge on any atom is -0.351 e. The lowest BCUT2D eigenvalue weighted by atomic mass is 10.0. The quantitative estimate of drug-likeness (QED) is 0.904. The molecule has 0 unspecified atom stereocenters. The molecule has 1 N–H and O–H groups in total. The van der Waals surface area contributed by atoms with Crippen molar-refractivity contribution in [2.45, 2.75) is 64.6 Å². The van der Waals surface area contributed by atoms with Gasteiger partial charge in [-0.3, -0.25) is 4.68 Å². The highest BCUT2D eigenvalue weighted by molar-refractivity contribution is 5.53. The monoisotopic (exact) mass is 262 g/mol. The molecule has 2 fully saturated rings. The van der Waals surface area contributed by atoms with Crippen molar-refractivity contribution in [3.8, 4) is 0 Å². The van der Waals surface area contributed by atoms with Gasteiger partial charge in [-0.15, -0.1) is 0 Å². The van der Waals surface area contributed by atoms with Gasteiger partial charge in [0.05, 0.1) is 5.69 Å². The number of nitrogens with zero attached hydrogens (tertiary/aromatic N) is 3. The number of aromatic nitrogens is 2. The van der Waals surface area contributed by atoms with Crippen LogP contribution in [0.3, 0.4) is 0 Å². The zero-order valence-corrected chi connectivity index (χ0v) is 12.7. The third-order valence-electron chi connectivity index (χ3n) is 4.61. The van der Waals surface area contributed by atoms with E-state index in [1.54, 1.807) is 0 Å². The fourth-order valence-electron chi connectivity index (χ4n) is 3.27. The Hall–Kier alpha value is -1.03. The van der Waals surface area contributed by atoms with E-state index >= 15 is 0 Å². The van der Waals surface area contributed by atoms with Gasteiger partial charge in [0, 0.05) is 37.3 Å². The molecule has 1 aromatic heterocycles. The minimum atomic E-state index is 0.258. The summed E-state index contributed by atoms with van der Waals surface area (Å²) in [5.41, 5.74) is 2.83. The molecule has 19 heavy (non-hydrogen) atoms. The van der Waals surface area contributed by atoms with Crippen LogP contribution in [0.15, 0.2) is 0 Å². The van der Waals surface area contributed by atoms with E-state index in [9.17, 15) is 0 Å². The fourth-order valence-corrected chi connectivity index (χ4v) is 3.27. The Morgan fingerprint density at radius 2 is 2.11 bits per heavy atom. The van der Waals surface area contributed by atoms with Crippen LogP contribution < -0.4 is 10.2 Å². The van der Waals surface area contributed by atoms with Crippen molar-refractivity contribution in [1.82, 2.24) is 15.1 Å². The molecule has 4 nitrogen and oxygen atoms in total. The van der Waals surface area contributed by atoms with Crippen LogP contribution in [0.2, 0.25) is 0 Å². The molecular formula is C15H26N4. The molecule has 0 aromatic carbocycles. The molecule has 0 bridgehead atoms. The number of hydrogen-bond acceptors (Lipinski definition) is 3. The maximum Gasteiger partial charge on any atom is 0.131 e. The van der Waals surface area contributed by atoms with E-state index in [1.807, 2.05) is 0 Å². The van der Waals surface area contributed by atoms with Crippen molar-refractivity contribution in [3.05, 3.63) is 11.3 Å². The number of hydrogen-bond donors (Lipinski definition) is 1. The first kappa shape index (κ1) is 13.0. The molecular weight excluding hydrogens is 236 g/mol. The Labute approximate surface area is 116 Å². The molecule has 2 aliphatic rings. The molecule has 1 aliphatic carbocycles. The van der Waals surface area contributed by atoms with Gasteiger partial charge in [0.1, 0.15) is 5.82 Å². The Morgan fingerprint density at radius 3 is 2.68 bits per heavy atom. The van der Waals surface area contributed by atoms with Crippen LogP contribution in [0.5, 0.6) is 0 Å². The molecule has 0 amide bonds. The van der Waals surface area contributed by atoms with Crippen molar-refractivity contribution >= 4 is 5.82 Å². The van der Waals surface area contributed by atoms with Crippen LogP contribution in [0.25, 0.3) is 0 Å². The highest BCUT2D eigenvalue weighted by Gasteiger charge is 2.35. The first-order chi connectivity index (χ1) is 8.99. The molecule has 1 aromatic rings. The van der Waals surface area contributed by atoms with E-state index in [2.05, 4.69) is 47.8 Å². The fraction of sp³-hybridized carbons (Fsp3) is 0.800. The van der Waals surface area contributed by atoms with Crippen LogP contribution in [-0.2, 0) is 13.6 Å². The molecule has 106 valence electrons. The smallest absolute Gasteiger partial charge is 0.131 e. The summed E-state index contributed by atoms with van der Waals surface area (Å²) in [6, 6.07) is 0.749. The Kier molecular flexibility index (Phi) is 3.08. The van der Waals surface area contributed by atoms with Gasteiger partial charge in [-0.25, -0.2) is 0 Å². The summed E-state index contributed by atoms with van der Waals surface area (Å²) in [4.78, 5) is 2.55. The molecule has 4 heteroatoms. The van der Waals surface area contributed by atoms with Crippen LogP contribution in [0, 0.1) is 6.92 Å². The van der Waals surface area contributed by atoms with Gasteiger partial charge in [-0.2, -0.15) is 5.10 Å². The van der Waals surface area contributed by atoms with Crippen molar-refractivity contribution in [3.63, 3.8) is 0 Å². The maximum absolute atomic E-state index is 4.65. The van der Waals surface area contributed by atoms with Crippen LogP contribution >= 0.6 is 0 Å². The predicted octanol–water partition coefficient (Wildman–Crippen LogP) is 2.36. The second-order valence-electron chi connectivity index (χ2n) is 6.73. The van der Waals surface area contributed by atoms with E-state index in [0.717, 1.165) is 19.1 Å². The highest BCUT2D eigenvalue weighted by atomic mass is 15.4. The standard InChI is InChI=1S/C15H26N4/c1-11-13(10-16-12-6-7-12)14(18(4)17-11)19-9-5-8-15(19,2)3/h12,16H,5-10H2,1-4H3. The van der Waals surface area contributed by atoms with Gasteiger partial charge in [0.15, 0.2) is 0 Å². The van der Waals surface area contributed by atoms with Gasteiger partial charge < -0.3 is 10.2 Å². The number of anilines is 1. The summed E-state index contributed by atoms with van der Waals surface area (Å²) in [5, 5.41) is 8.29. The second kappa shape index (κ2) is 4.51. The summed E-state index contributed by atoms with van der Waals surface area (Å²) in [5.74, 6) is 1.33. The first-order valence-electron chi connectivity index (χ1n) is 7.52. The topological polar surface area (TPSA) is 33.1 Å². The normalized spacial score (nSPS) is 22.2. The Bertz CT molecular complexity index is 471. The minimum absolute atomic E-state index is 0.258. The largest absolute Gasteiger partial charge is 0.351 e. The summed E-state index contributed by atoms with van der Waals surface area (Å²) >= 11 is 0. The third-order valence-corrected chi connectivity index (χ3v) is 4.61. The van der Waals surface area contributed by atoms with Crippen LogP contribution in [0.1, 0.15) is 50.8 Å². The van der Waals surface area contributed by atoms with E-state index in [-0.39, 0.29) is 5.54 Å². The molecule has 0 atom stereocenters. The number of aryl methyl sites for hydroxylation is 2. The Morgan fingerprint density at radius 1 is 1.37 bits per heavy atom. The lowest BCUT2D eigenvalue weighted by molar-refractivity contribution is 0.504. The van der Waals surface area contributed by atoms with Crippen molar-refractivity contribution < 1.29 is 0 Å². The second-order valence-corrected chi connectivity index (χ2v) is 6.73. The average molecular weight is 262 g/mol. The molecule has 0 radical (unpaired) electrons. The van der Waals surface area contributed by atoms with E-state index in [4.69, 9.17) is 0 Å². The zero-order valence-electron chi connectivity index (χ0n) is 12.7. The zero-order chi connectivity index (χ0) is 13.6. The molecule has 3 rings (SSSR count). The molecule has 1 saturated heterocycles. The lowest BCUT2D eigenvalue weighted by Crippen LogP contribution is -2.40. The van der Waals surface area contributed by atoms with Crippen molar-refractivity contribution in [1.29, 1.82) is 0 Å². The average Bonchev–Trinajstić information content (AvgIpc) is 3.02. The summed E-state index contributed by atoms with van der Waals surface area (Å²) in [7, 11) is 2.08. The van der Waals surface area contributed by atoms with Gasteiger partial charge in [0.25, 0.3) is 0 Å². The van der Waals surface area contributed by atoms with E-state index < -0.39 is 0 Å². The summed E-state index contributed by atoms with van der Waals surface area (Å²) < 4.78 is 2.08. The number of nitrogens with one attached hydrogen (secondary N) is 1. The lowest BCUT2D eigenvalue weighted by Gasteiger charge is -2.34. The first-order valence-corrected chi connectivity index (χ1v) is 7.52. The summed E-state index contributed by atoms with van der Waals surface area (Å²) in [6.07, 6.45) is 5.23. The predicted molar refractivity (Wildman–Crippen MR) is 78.5 cm³/mol. The molecule has 1 saturated carbocycles. The van der Waals surface area contributed by atoms with Gasteiger partial charge in [-0.1, -0.05) is 0 Å². The Balaban J connectivity index is 1.89. The van der Waals surface area contributed by atoms with Crippen molar-refractivity contribution in [2.75, 3.05) is 11.4 Å². The van der Waals surface area contributed by atoms with Gasteiger partial charge in [-0.05, 0) is 46.5 Å². The maximum atomic E-state index is 4.65. The third kappa shape index (κ3) is 2.38.